The van der Waals surface area contributed by atoms with Crippen LogP contribution in [0.5, 0.6) is 0 Å². The number of pyridine rings is 1. The molecule has 0 saturated carbocycles. The monoisotopic (exact) mass is 252 g/mol. The smallest absolute Gasteiger partial charge is 0.228 e. The van der Waals surface area contributed by atoms with Crippen molar-refractivity contribution in [3.8, 4) is 0 Å². The van der Waals surface area contributed by atoms with Gasteiger partial charge < -0.3 is 5.32 Å². The maximum absolute atomic E-state index is 11.9. The van der Waals surface area contributed by atoms with Crippen LogP contribution in [0, 0.1) is 0 Å². The second-order valence-corrected chi connectivity index (χ2v) is 4.26. The summed E-state index contributed by atoms with van der Waals surface area (Å²) in [5.74, 6) is -0.0631. The van der Waals surface area contributed by atoms with Crippen molar-refractivity contribution in [3.63, 3.8) is 0 Å². The zero-order valence-corrected chi connectivity index (χ0v) is 10.1. The fourth-order valence-corrected chi connectivity index (χ4v) is 1.91. The number of fused-ring (bicyclic) bond motifs is 1. The summed E-state index contributed by atoms with van der Waals surface area (Å²) in [5, 5.41) is 10.7. The Hall–Kier alpha value is -2.69. The average molecular weight is 252 g/mol. The van der Waals surface area contributed by atoms with E-state index in [2.05, 4.69) is 20.5 Å². The molecule has 0 unspecified atom stereocenters. The van der Waals surface area contributed by atoms with Gasteiger partial charge in [-0.2, -0.15) is 5.10 Å². The predicted octanol–water partition coefficient (Wildman–Crippen LogP) is 2.14. The third-order valence-corrected chi connectivity index (χ3v) is 2.81. The van der Waals surface area contributed by atoms with Crippen LogP contribution in [0.2, 0.25) is 0 Å². The molecule has 0 atom stereocenters. The molecule has 19 heavy (non-hydrogen) atoms. The van der Waals surface area contributed by atoms with Gasteiger partial charge in [0.25, 0.3) is 0 Å². The number of nitrogens with one attached hydrogen (secondary N) is 2. The molecule has 2 aromatic heterocycles. The molecule has 3 rings (SSSR count). The summed E-state index contributed by atoms with van der Waals surface area (Å²) in [6.07, 6.45) is 5.44. The van der Waals surface area contributed by atoms with Gasteiger partial charge in [0.05, 0.1) is 18.1 Å². The molecule has 0 fully saturated rings. The molecule has 94 valence electrons. The van der Waals surface area contributed by atoms with Crippen molar-refractivity contribution in [3.05, 3.63) is 54.5 Å². The number of hydrogen-bond donors (Lipinski definition) is 2. The number of rotatable bonds is 3. The van der Waals surface area contributed by atoms with Crippen molar-refractivity contribution in [1.82, 2.24) is 15.2 Å². The first-order chi connectivity index (χ1) is 9.31. The summed E-state index contributed by atoms with van der Waals surface area (Å²) in [6, 6.07) is 9.34. The molecule has 0 saturated heterocycles. The highest BCUT2D eigenvalue weighted by Gasteiger charge is 2.05. The third-order valence-electron chi connectivity index (χ3n) is 2.81. The molecule has 0 aliphatic carbocycles. The van der Waals surface area contributed by atoms with Gasteiger partial charge in [-0.3, -0.25) is 14.9 Å². The quantitative estimate of drug-likeness (QED) is 0.750. The Balaban J connectivity index is 1.72. The first kappa shape index (κ1) is 11.4. The number of carbonyl (C=O) groups excluding carboxylic acids is 1. The van der Waals surface area contributed by atoms with Gasteiger partial charge in [0.15, 0.2) is 0 Å². The Morgan fingerprint density at radius 1 is 1.26 bits per heavy atom. The van der Waals surface area contributed by atoms with Crippen LogP contribution in [0.4, 0.5) is 5.69 Å². The van der Waals surface area contributed by atoms with Gasteiger partial charge in [0.2, 0.25) is 5.91 Å². The van der Waals surface area contributed by atoms with Crippen LogP contribution in [-0.4, -0.2) is 21.1 Å². The van der Waals surface area contributed by atoms with Crippen LogP contribution < -0.4 is 5.32 Å². The fraction of sp³-hybridized carbons (Fsp3) is 0.0714. The zero-order chi connectivity index (χ0) is 13.1. The number of carbonyl (C=O) groups is 1. The summed E-state index contributed by atoms with van der Waals surface area (Å²) >= 11 is 0. The van der Waals surface area contributed by atoms with Crippen LogP contribution in [0.1, 0.15) is 5.56 Å². The minimum absolute atomic E-state index is 0.0631. The summed E-state index contributed by atoms with van der Waals surface area (Å²) in [5.41, 5.74) is 2.55. The average Bonchev–Trinajstić information content (AvgIpc) is 2.87. The van der Waals surface area contributed by atoms with Crippen molar-refractivity contribution in [1.29, 1.82) is 0 Å². The maximum atomic E-state index is 11.9. The van der Waals surface area contributed by atoms with Gasteiger partial charge in [-0.25, -0.2) is 0 Å². The van der Waals surface area contributed by atoms with E-state index in [9.17, 15) is 4.79 Å². The summed E-state index contributed by atoms with van der Waals surface area (Å²) in [7, 11) is 0. The number of benzene rings is 1. The normalized spacial score (nSPS) is 10.5. The summed E-state index contributed by atoms with van der Waals surface area (Å²) in [4.78, 5) is 15.9. The summed E-state index contributed by atoms with van der Waals surface area (Å²) in [6.45, 7) is 0. The van der Waals surface area contributed by atoms with Crippen molar-refractivity contribution < 1.29 is 4.79 Å². The molecule has 5 heteroatoms. The predicted molar refractivity (Wildman–Crippen MR) is 72.7 cm³/mol. The van der Waals surface area contributed by atoms with Gasteiger partial charge >= 0.3 is 0 Å². The number of aromatic nitrogens is 3. The molecule has 0 spiro atoms. The third kappa shape index (κ3) is 2.60. The standard InChI is InChI=1S/C14H12N4O/c19-14(6-10-2-1-5-15-8-10)17-12-4-3-11-9-16-18-13(11)7-12/h1-5,7-9H,6H2,(H,16,18)(H,17,19). The Morgan fingerprint density at radius 2 is 2.21 bits per heavy atom. The summed E-state index contributed by atoms with van der Waals surface area (Å²) < 4.78 is 0. The van der Waals surface area contributed by atoms with Crippen LogP contribution in [0.25, 0.3) is 10.9 Å². The number of aromatic amines is 1. The van der Waals surface area contributed by atoms with E-state index in [1.54, 1.807) is 18.6 Å². The van der Waals surface area contributed by atoms with Crippen LogP contribution in [0.15, 0.2) is 48.9 Å². The van der Waals surface area contributed by atoms with E-state index < -0.39 is 0 Å². The van der Waals surface area contributed by atoms with Crippen LogP contribution >= 0.6 is 0 Å². The minimum atomic E-state index is -0.0631. The lowest BCUT2D eigenvalue weighted by Gasteiger charge is -2.05. The van der Waals surface area contributed by atoms with Gasteiger partial charge in [-0.15, -0.1) is 0 Å². The largest absolute Gasteiger partial charge is 0.326 e. The molecule has 2 heterocycles. The molecular weight excluding hydrogens is 240 g/mol. The number of H-pyrrole nitrogens is 1. The fourth-order valence-electron chi connectivity index (χ4n) is 1.91. The van der Waals surface area contributed by atoms with Gasteiger partial charge in [0, 0.05) is 23.5 Å². The molecule has 1 aromatic carbocycles. The van der Waals surface area contributed by atoms with E-state index >= 15 is 0 Å². The van der Waals surface area contributed by atoms with Crippen molar-refractivity contribution in [2.45, 2.75) is 6.42 Å². The van der Waals surface area contributed by atoms with Crippen molar-refractivity contribution in [2.75, 3.05) is 5.32 Å². The molecule has 5 nitrogen and oxygen atoms in total. The van der Waals surface area contributed by atoms with Crippen molar-refractivity contribution in [2.24, 2.45) is 0 Å². The second-order valence-electron chi connectivity index (χ2n) is 4.26. The molecular formula is C14H12N4O. The first-order valence-electron chi connectivity index (χ1n) is 5.93. The second kappa shape index (κ2) is 4.89. The highest BCUT2D eigenvalue weighted by atomic mass is 16.1. The van der Waals surface area contributed by atoms with Gasteiger partial charge in [-0.1, -0.05) is 6.07 Å². The van der Waals surface area contributed by atoms with Crippen molar-refractivity contribution >= 4 is 22.5 Å². The topological polar surface area (TPSA) is 70.7 Å². The first-order valence-corrected chi connectivity index (χ1v) is 5.93. The van der Waals surface area contributed by atoms with E-state index in [-0.39, 0.29) is 5.91 Å². The number of nitrogens with zero attached hydrogens (tertiary/aromatic N) is 2. The minimum Gasteiger partial charge on any atom is -0.326 e. The Labute approximate surface area is 109 Å². The number of hydrogen-bond acceptors (Lipinski definition) is 3. The molecule has 2 N–H and O–H groups in total. The van der Waals surface area contributed by atoms with E-state index in [1.807, 2.05) is 30.3 Å². The van der Waals surface area contributed by atoms with Crippen LogP contribution in [-0.2, 0) is 11.2 Å². The molecule has 0 aliphatic rings. The number of amides is 1. The SMILES string of the molecule is O=C(Cc1cccnc1)Nc1ccc2cn[nH]c2c1. The molecule has 0 bridgehead atoms. The van der Waals surface area contributed by atoms with E-state index in [0.717, 1.165) is 22.2 Å². The lowest BCUT2D eigenvalue weighted by molar-refractivity contribution is -0.115. The van der Waals surface area contributed by atoms with E-state index in [4.69, 9.17) is 0 Å². The van der Waals surface area contributed by atoms with E-state index in [0.29, 0.717) is 6.42 Å². The maximum Gasteiger partial charge on any atom is 0.228 e. The van der Waals surface area contributed by atoms with E-state index in [1.165, 1.54) is 0 Å². The highest BCUT2D eigenvalue weighted by molar-refractivity contribution is 5.94. The van der Waals surface area contributed by atoms with Gasteiger partial charge in [-0.05, 0) is 29.8 Å². The Bertz CT molecular complexity index is 706. The van der Waals surface area contributed by atoms with Gasteiger partial charge in [0.1, 0.15) is 0 Å². The lowest BCUT2D eigenvalue weighted by Crippen LogP contribution is -2.14. The highest BCUT2D eigenvalue weighted by Crippen LogP contribution is 2.16. The number of anilines is 1. The molecule has 3 aromatic rings. The Kier molecular flexibility index (Phi) is 2.94. The lowest BCUT2D eigenvalue weighted by atomic mass is 10.2. The zero-order valence-electron chi connectivity index (χ0n) is 10.1. The molecule has 0 radical (unpaired) electrons. The molecule has 1 amide bonds. The molecule has 0 aliphatic heterocycles. The Morgan fingerprint density at radius 3 is 3.05 bits per heavy atom. The van der Waals surface area contributed by atoms with Crippen LogP contribution in [0.3, 0.4) is 0 Å².